The van der Waals surface area contributed by atoms with Gasteiger partial charge in [0, 0.05) is 5.02 Å². The Balaban J connectivity index is 1.99. The van der Waals surface area contributed by atoms with Crippen LogP contribution in [-0.2, 0) is 14.8 Å². The predicted molar refractivity (Wildman–Crippen MR) is 119 cm³/mol. The van der Waals surface area contributed by atoms with Gasteiger partial charge in [0.15, 0.2) is 6.61 Å². The standard InChI is InChI=1S/C23H22ClNO4S/c1-16-9-10-17(2)22(13-16)25(30(27,28)20-7-5-4-6-8-20)23(26)15-29-19-11-12-21(24)18(3)14-19/h4-14H,15H2,1-3H3. The molecule has 0 unspecified atom stereocenters. The largest absolute Gasteiger partial charge is 0.484 e. The van der Waals surface area contributed by atoms with Gasteiger partial charge in [0.05, 0.1) is 10.6 Å². The molecule has 0 heterocycles. The number of ether oxygens (including phenoxy) is 1. The van der Waals surface area contributed by atoms with Crippen molar-refractivity contribution in [3.05, 3.63) is 88.4 Å². The lowest BCUT2D eigenvalue weighted by Gasteiger charge is -2.24. The van der Waals surface area contributed by atoms with E-state index in [0.717, 1.165) is 15.4 Å². The molecular formula is C23H22ClNO4S. The molecule has 0 radical (unpaired) electrons. The van der Waals surface area contributed by atoms with Gasteiger partial charge in [-0.3, -0.25) is 4.79 Å². The van der Waals surface area contributed by atoms with E-state index < -0.39 is 22.5 Å². The van der Waals surface area contributed by atoms with Gasteiger partial charge in [-0.05, 0) is 73.9 Å². The highest BCUT2D eigenvalue weighted by Crippen LogP contribution is 2.29. The van der Waals surface area contributed by atoms with Gasteiger partial charge in [0.25, 0.3) is 15.9 Å². The molecule has 3 aromatic carbocycles. The number of halogens is 1. The molecule has 3 aromatic rings. The van der Waals surface area contributed by atoms with Crippen molar-refractivity contribution in [3.8, 4) is 5.75 Å². The Labute approximate surface area is 181 Å². The fraction of sp³-hybridized carbons (Fsp3) is 0.174. The maximum atomic E-state index is 13.4. The summed E-state index contributed by atoms with van der Waals surface area (Å²) in [5.74, 6) is -0.261. The summed E-state index contributed by atoms with van der Waals surface area (Å²) in [5.41, 5.74) is 2.60. The minimum atomic E-state index is -4.13. The number of sulfonamides is 1. The summed E-state index contributed by atoms with van der Waals surface area (Å²) < 4.78 is 33.2. The number of rotatable bonds is 6. The maximum absolute atomic E-state index is 13.4. The molecule has 0 aliphatic heterocycles. The quantitative estimate of drug-likeness (QED) is 0.533. The van der Waals surface area contributed by atoms with E-state index in [4.69, 9.17) is 16.3 Å². The van der Waals surface area contributed by atoms with Crippen LogP contribution in [0, 0.1) is 20.8 Å². The van der Waals surface area contributed by atoms with Crippen LogP contribution in [-0.4, -0.2) is 20.9 Å². The number of hydrogen-bond donors (Lipinski definition) is 0. The van der Waals surface area contributed by atoms with Crippen molar-refractivity contribution in [1.82, 2.24) is 0 Å². The van der Waals surface area contributed by atoms with Gasteiger partial charge in [0.2, 0.25) is 0 Å². The second-order valence-electron chi connectivity index (χ2n) is 6.97. The van der Waals surface area contributed by atoms with Gasteiger partial charge in [-0.2, -0.15) is 4.31 Å². The Bertz CT molecular complexity index is 1180. The van der Waals surface area contributed by atoms with Crippen LogP contribution in [0.15, 0.2) is 71.6 Å². The molecule has 0 N–H and O–H groups in total. The lowest BCUT2D eigenvalue weighted by molar-refractivity contribution is -0.119. The van der Waals surface area contributed by atoms with Crippen molar-refractivity contribution in [1.29, 1.82) is 0 Å². The SMILES string of the molecule is Cc1ccc(C)c(N(C(=O)COc2ccc(Cl)c(C)c2)S(=O)(=O)c2ccccc2)c1. The first-order valence-corrected chi connectivity index (χ1v) is 11.1. The zero-order chi connectivity index (χ0) is 21.9. The average molecular weight is 444 g/mol. The Morgan fingerprint density at radius 1 is 0.933 bits per heavy atom. The van der Waals surface area contributed by atoms with Gasteiger partial charge in [-0.15, -0.1) is 0 Å². The number of anilines is 1. The third kappa shape index (κ3) is 4.66. The summed E-state index contributed by atoms with van der Waals surface area (Å²) in [5, 5.41) is 0.581. The van der Waals surface area contributed by atoms with E-state index in [-0.39, 0.29) is 4.90 Å². The van der Waals surface area contributed by atoms with E-state index in [1.54, 1.807) is 55.5 Å². The van der Waals surface area contributed by atoms with Crippen molar-refractivity contribution in [2.24, 2.45) is 0 Å². The molecule has 0 atom stereocenters. The van der Waals surface area contributed by atoms with Crippen LogP contribution in [0.25, 0.3) is 0 Å². The molecule has 30 heavy (non-hydrogen) atoms. The van der Waals surface area contributed by atoms with Crippen LogP contribution in [0.4, 0.5) is 5.69 Å². The number of benzene rings is 3. The molecule has 1 amide bonds. The highest BCUT2D eigenvalue weighted by molar-refractivity contribution is 7.93. The number of nitrogens with zero attached hydrogens (tertiary/aromatic N) is 1. The molecule has 0 saturated carbocycles. The van der Waals surface area contributed by atoms with Crippen molar-refractivity contribution >= 4 is 33.2 Å². The predicted octanol–water partition coefficient (Wildman–Crippen LogP) is 5.07. The molecule has 0 fully saturated rings. The Morgan fingerprint density at radius 2 is 1.63 bits per heavy atom. The molecule has 3 rings (SSSR count). The average Bonchev–Trinajstić information content (AvgIpc) is 2.72. The van der Waals surface area contributed by atoms with Crippen LogP contribution in [0.5, 0.6) is 5.75 Å². The summed E-state index contributed by atoms with van der Waals surface area (Å²) in [6.07, 6.45) is 0. The first-order valence-electron chi connectivity index (χ1n) is 9.29. The zero-order valence-electron chi connectivity index (χ0n) is 16.9. The monoisotopic (exact) mass is 443 g/mol. The van der Waals surface area contributed by atoms with E-state index in [2.05, 4.69) is 0 Å². The Morgan fingerprint density at radius 3 is 2.30 bits per heavy atom. The maximum Gasteiger partial charge on any atom is 0.278 e. The molecule has 0 aliphatic carbocycles. The zero-order valence-corrected chi connectivity index (χ0v) is 18.5. The lowest BCUT2D eigenvalue weighted by Crippen LogP contribution is -2.40. The van der Waals surface area contributed by atoms with Gasteiger partial charge >= 0.3 is 0 Å². The van der Waals surface area contributed by atoms with Gasteiger partial charge in [0.1, 0.15) is 5.75 Å². The number of carbonyl (C=O) groups excluding carboxylic acids is 1. The highest BCUT2D eigenvalue weighted by Gasteiger charge is 2.32. The van der Waals surface area contributed by atoms with Crippen molar-refractivity contribution in [3.63, 3.8) is 0 Å². The topological polar surface area (TPSA) is 63.7 Å². The van der Waals surface area contributed by atoms with E-state index >= 15 is 0 Å². The number of amides is 1. The van der Waals surface area contributed by atoms with Crippen molar-refractivity contribution in [2.75, 3.05) is 10.9 Å². The third-order valence-electron chi connectivity index (χ3n) is 4.58. The molecule has 0 bridgehead atoms. The second-order valence-corrected chi connectivity index (χ2v) is 9.16. The summed E-state index contributed by atoms with van der Waals surface area (Å²) in [6.45, 7) is 4.98. The van der Waals surface area contributed by atoms with Gasteiger partial charge < -0.3 is 4.74 Å². The molecule has 5 nitrogen and oxygen atoms in total. The van der Waals surface area contributed by atoms with Crippen LogP contribution in [0.1, 0.15) is 16.7 Å². The van der Waals surface area contributed by atoms with E-state index in [9.17, 15) is 13.2 Å². The van der Waals surface area contributed by atoms with E-state index in [1.807, 2.05) is 19.9 Å². The normalized spacial score (nSPS) is 11.2. The third-order valence-corrected chi connectivity index (χ3v) is 6.76. The summed E-state index contributed by atoms with van der Waals surface area (Å²) in [7, 11) is -4.13. The van der Waals surface area contributed by atoms with Gasteiger partial charge in [-0.25, -0.2) is 8.42 Å². The van der Waals surface area contributed by atoms with E-state index in [1.165, 1.54) is 12.1 Å². The Hall–Kier alpha value is -2.83. The van der Waals surface area contributed by atoms with Crippen molar-refractivity contribution in [2.45, 2.75) is 25.7 Å². The minimum absolute atomic E-state index is 0.0293. The molecule has 7 heteroatoms. The van der Waals surface area contributed by atoms with Crippen LogP contribution >= 0.6 is 11.6 Å². The second kappa shape index (κ2) is 8.90. The number of hydrogen-bond acceptors (Lipinski definition) is 4. The summed E-state index contributed by atoms with van der Waals surface area (Å²) >= 11 is 6.02. The first kappa shape index (κ1) is 21.9. The minimum Gasteiger partial charge on any atom is -0.484 e. The summed E-state index contributed by atoms with van der Waals surface area (Å²) in [4.78, 5) is 13.2. The fourth-order valence-electron chi connectivity index (χ4n) is 2.94. The number of aryl methyl sites for hydroxylation is 3. The Kier molecular flexibility index (Phi) is 6.48. The fourth-order valence-corrected chi connectivity index (χ4v) is 4.55. The van der Waals surface area contributed by atoms with Gasteiger partial charge in [-0.1, -0.05) is 41.9 Å². The molecular weight excluding hydrogens is 422 g/mol. The van der Waals surface area contributed by atoms with Crippen molar-refractivity contribution < 1.29 is 17.9 Å². The molecule has 0 aromatic heterocycles. The first-order chi connectivity index (χ1) is 14.2. The number of carbonyl (C=O) groups is 1. The molecule has 0 spiro atoms. The van der Waals surface area contributed by atoms with Crippen LogP contribution < -0.4 is 9.04 Å². The smallest absolute Gasteiger partial charge is 0.278 e. The lowest BCUT2D eigenvalue weighted by atomic mass is 10.1. The molecule has 0 saturated heterocycles. The van der Waals surface area contributed by atoms with Crippen LogP contribution in [0.3, 0.4) is 0 Å². The summed E-state index contributed by atoms with van der Waals surface area (Å²) in [6, 6.07) is 18.2. The molecule has 0 aliphatic rings. The van der Waals surface area contributed by atoms with Crippen LogP contribution in [0.2, 0.25) is 5.02 Å². The highest BCUT2D eigenvalue weighted by atomic mass is 35.5. The van der Waals surface area contributed by atoms with E-state index in [0.29, 0.717) is 22.0 Å². The molecule has 156 valence electrons.